The second-order valence-electron chi connectivity index (χ2n) is 3.54. The molecule has 94 valence electrons. The summed E-state index contributed by atoms with van der Waals surface area (Å²) in [5, 5.41) is 14.9. The maximum atomic E-state index is 13.0. The number of nitrogen functional groups attached to an aromatic ring is 1. The Labute approximate surface area is 101 Å². The first-order valence-electron chi connectivity index (χ1n) is 5.18. The van der Waals surface area contributed by atoms with Gasteiger partial charge in [0.05, 0.1) is 11.0 Å². The van der Waals surface area contributed by atoms with Gasteiger partial charge in [-0.15, -0.1) is 5.10 Å². The molecule has 0 fully saturated rings. The molecule has 0 bridgehead atoms. The van der Waals surface area contributed by atoms with E-state index in [0.29, 0.717) is 12.2 Å². The average Bonchev–Trinajstić information content (AvgIpc) is 2.70. The Hall–Kier alpha value is -2.51. The molecular weight excluding hydrogens is 241 g/mol. The zero-order valence-electron chi connectivity index (χ0n) is 9.50. The SMILES string of the molecule is CCc1nc(N)n(-c2ccc(F)cc2[N+](=O)[O-])n1. The molecule has 0 saturated carbocycles. The molecule has 0 radical (unpaired) electrons. The van der Waals surface area contributed by atoms with E-state index in [0.717, 1.165) is 16.8 Å². The minimum Gasteiger partial charge on any atom is -0.368 e. The second-order valence-corrected chi connectivity index (χ2v) is 3.54. The lowest BCUT2D eigenvalue weighted by Crippen LogP contribution is -2.06. The predicted molar refractivity (Wildman–Crippen MR) is 61.8 cm³/mol. The third kappa shape index (κ3) is 1.99. The lowest BCUT2D eigenvalue weighted by molar-refractivity contribution is -0.384. The summed E-state index contributed by atoms with van der Waals surface area (Å²) in [5.41, 5.74) is 5.31. The number of nitro groups is 1. The highest BCUT2D eigenvalue weighted by molar-refractivity contribution is 5.54. The van der Waals surface area contributed by atoms with Crippen molar-refractivity contribution < 1.29 is 9.31 Å². The van der Waals surface area contributed by atoms with E-state index in [9.17, 15) is 14.5 Å². The molecule has 7 nitrogen and oxygen atoms in total. The van der Waals surface area contributed by atoms with Crippen LogP contribution in [0.25, 0.3) is 5.69 Å². The Morgan fingerprint density at radius 2 is 2.28 bits per heavy atom. The van der Waals surface area contributed by atoms with Crippen LogP contribution in [0.5, 0.6) is 0 Å². The number of hydrogen-bond acceptors (Lipinski definition) is 5. The first kappa shape index (κ1) is 12.0. The molecule has 0 aliphatic rings. The fourth-order valence-corrected chi connectivity index (χ4v) is 1.52. The molecule has 0 amide bonds. The van der Waals surface area contributed by atoms with Crippen LogP contribution in [0.3, 0.4) is 0 Å². The molecule has 1 aromatic heterocycles. The summed E-state index contributed by atoms with van der Waals surface area (Å²) in [4.78, 5) is 14.1. The molecule has 2 N–H and O–H groups in total. The van der Waals surface area contributed by atoms with Gasteiger partial charge in [0.25, 0.3) is 5.69 Å². The fourth-order valence-electron chi connectivity index (χ4n) is 1.52. The number of anilines is 1. The molecule has 1 aromatic carbocycles. The topological polar surface area (TPSA) is 99.9 Å². The second kappa shape index (κ2) is 4.40. The number of hydrogen-bond donors (Lipinski definition) is 1. The van der Waals surface area contributed by atoms with E-state index >= 15 is 0 Å². The zero-order valence-corrected chi connectivity index (χ0v) is 9.50. The third-order valence-corrected chi connectivity index (χ3v) is 2.35. The van der Waals surface area contributed by atoms with Crippen molar-refractivity contribution in [3.8, 4) is 5.69 Å². The highest BCUT2D eigenvalue weighted by atomic mass is 19.1. The van der Waals surface area contributed by atoms with Crippen LogP contribution in [0.1, 0.15) is 12.7 Å². The van der Waals surface area contributed by atoms with E-state index in [4.69, 9.17) is 5.73 Å². The summed E-state index contributed by atoms with van der Waals surface area (Å²) in [6, 6.07) is 3.18. The van der Waals surface area contributed by atoms with Crippen molar-refractivity contribution in [2.45, 2.75) is 13.3 Å². The zero-order chi connectivity index (χ0) is 13.3. The van der Waals surface area contributed by atoms with E-state index in [2.05, 4.69) is 10.1 Å². The molecule has 2 aromatic rings. The molecule has 0 aliphatic carbocycles. The number of rotatable bonds is 3. The van der Waals surface area contributed by atoms with Gasteiger partial charge in [-0.25, -0.2) is 4.39 Å². The van der Waals surface area contributed by atoms with E-state index in [1.54, 1.807) is 0 Å². The number of nitrogens with zero attached hydrogens (tertiary/aromatic N) is 4. The van der Waals surface area contributed by atoms with Crippen LogP contribution in [0.15, 0.2) is 18.2 Å². The van der Waals surface area contributed by atoms with Crippen molar-refractivity contribution in [2.75, 3.05) is 5.73 Å². The van der Waals surface area contributed by atoms with Crippen molar-refractivity contribution in [1.29, 1.82) is 0 Å². The summed E-state index contributed by atoms with van der Waals surface area (Å²) < 4.78 is 14.1. The molecule has 0 saturated heterocycles. The summed E-state index contributed by atoms with van der Waals surface area (Å²) in [6.07, 6.45) is 0.548. The van der Waals surface area contributed by atoms with Gasteiger partial charge in [0, 0.05) is 6.42 Å². The van der Waals surface area contributed by atoms with Gasteiger partial charge in [-0.1, -0.05) is 6.92 Å². The largest absolute Gasteiger partial charge is 0.368 e. The minimum absolute atomic E-state index is 0.0292. The maximum Gasteiger partial charge on any atom is 0.297 e. The normalized spacial score (nSPS) is 10.6. The van der Waals surface area contributed by atoms with Crippen molar-refractivity contribution in [3.05, 3.63) is 40.0 Å². The van der Waals surface area contributed by atoms with Crippen molar-refractivity contribution in [2.24, 2.45) is 0 Å². The molecule has 18 heavy (non-hydrogen) atoms. The standard InChI is InChI=1S/C10H10FN5O2/c1-2-9-13-10(12)15(14-9)7-4-3-6(11)5-8(7)16(17)18/h3-5H,2H2,1H3,(H2,12,13,14). The Bertz CT molecular complexity index is 610. The van der Waals surface area contributed by atoms with E-state index < -0.39 is 16.4 Å². The van der Waals surface area contributed by atoms with Crippen LogP contribution in [0.4, 0.5) is 16.0 Å². The lowest BCUT2D eigenvalue weighted by atomic mass is 10.2. The summed E-state index contributed by atoms with van der Waals surface area (Å²) in [5.74, 6) is -0.201. The number of benzene rings is 1. The van der Waals surface area contributed by atoms with Crippen molar-refractivity contribution in [3.63, 3.8) is 0 Å². The summed E-state index contributed by atoms with van der Waals surface area (Å²) in [6.45, 7) is 1.83. The van der Waals surface area contributed by atoms with Gasteiger partial charge in [-0.2, -0.15) is 9.67 Å². The Morgan fingerprint density at radius 3 is 2.83 bits per heavy atom. The van der Waals surface area contributed by atoms with Gasteiger partial charge < -0.3 is 5.73 Å². The van der Waals surface area contributed by atoms with Gasteiger partial charge in [-0.05, 0) is 12.1 Å². The van der Waals surface area contributed by atoms with Gasteiger partial charge in [0.15, 0.2) is 5.82 Å². The van der Waals surface area contributed by atoms with Crippen molar-refractivity contribution >= 4 is 11.6 Å². The van der Waals surface area contributed by atoms with Gasteiger partial charge in [0.1, 0.15) is 11.5 Å². The summed E-state index contributed by atoms with van der Waals surface area (Å²) in [7, 11) is 0. The van der Waals surface area contributed by atoms with Crippen LogP contribution >= 0.6 is 0 Å². The lowest BCUT2D eigenvalue weighted by Gasteiger charge is -2.03. The van der Waals surface area contributed by atoms with Crippen molar-refractivity contribution in [1.82, 2.24) is 14.8 Å². The first-order valence-corrected chi connectivity index (χ1v) is 5.18. The molecule has 0 unspecified atom stereocenters. The van der Waals surface area contributed by atoms with Crippen LogP contribution < -0.4 is 5.73 Å². The average molecular weight is 251 g/mol. The molecule has 0 atom stereocenters. The van der Waals surface area contributed by atoms with Crippen LogP contribution in [0, 0.1) is 15.9 Å². The van der Waals surface area contributed by atoms with Gasteiger partial charge in [0.2, 0.25) is 5.95 Å². The number of aromatic nitrogens is 3. The Balaban J connectivity index is 2.62. The number of halogens is 1. The Kier molecular flexibility index (Phi) is 2.92. The molecule has 1 heterocycles. The fraction of sp³-hybridized carbons (Fsp3) is 0.200. The van der Waals surface area contributed by atoms with Crippen LogP contribution in [-0.2, 0) is 6.42 Å². The number of nitrogens with two attached hydrogens (primary N) is 1. The van der Waals surface area contributed by atoms with E-state index in [1.807, 2.05) is 6.92 Å². The quantitative estimate of drug-likeness (QED) is 0.657. The van der Waals surface area contributed by atoms with Gasteiger partial charge in [-0.3, -0.25) is 10.1 Å². The monoisotopic (exact) mass is 251 g/mol. The predicted octanol–water partition coefficient (Wildman–Crippen LogP) is 1.46. The maximum absolute atomic E-state index is 13.0. The smallest absolute Gasteiger partial charge is 0.297 e. The van der Waals surface area contributed by atoms with E-state index in [-0.39, 0.29) is 11.6 Å². The minimum atomic E-state index is -0.695. The van der Waals surface area contributed by atoms with Crippen LogP contribution in [-0.4, -0.2) is 19.7 Å². The number of aryl methyl sites for hydroxylation is 1. The highest BCUT2D eigenvalue weighted by Gasteiger charge is 2.19. The molecule has 0 spiro atoms. The third-order valence-electron chi connectivity index (χ3n) is 2.35. The molecule has 0 aliphatic heterocycles. The molecule has 2 rings (SSSR count). The molecular formula is C10H10FN5O2. The van der Waals surface area contributed by atoms with Gasteiger partial charge >= 0.3 is 0 Å². The summed E-state index contributed by atoms with van der Waals surface area (Å²) >= 11 is 0. The van der Waals surface area contributed by atoms with Crippen LogP contribution in [0.2, 0.25) is 0 Å². The molecule has 8 heteroatoms. The highest BCUT2D eigenvalue weighted by Crippen LogP contribution is 2.24. The number of nitro benzene ring substituents is 1. The first-order chi connectivity index (χ1) is 8.52. The Morgan fingerprint density at radius 1 is 1.56 bits per heavy atom. The van der Waals surface area contributed by atoms with E-state index in [1.165, 1.54) is 6.07 Å².